The number of cyclic esters (lactones) is 1. The molecule has 1 aromatic rings. The van der Waals surface area contributed by atoms with Crippen LogP contribution < -0.4 is 5.46 Å². The minimum Gasteiger partial charge on any atom is -0.460 e. The number of allylic oxidation sites excluding steroid dienone is 6. The van der Waals surface area contributed by atoms with Crippen LogP contribution in [0, 0.1) is 40.9 Å². The zero-order chi connectivity index (χ0) is 58.5. The van der Waals surface area contributed by atoms with Gasteiger partial charge in [0.15, 0.2) is 5.78 Å². The maximum atomic E-state index is 14.7. The third kappa shape index (κ3) is 16.3. The molecule has 4 fully saturated rings. The molecule has 18 heteroatoms. The van der Waals surface area contributed by atoms with Gasteiger partial charge in [-0.2, -0.15) is 0 Å². The number of carbonyl (C=O) groups excluding carboxylic acids is 6. The van der Waals surface area contributed by atoms with Crippen molar-refractivity contribution >= 4 is 47.8 Å². The van der Waals surface area contributed by atoms with Crippen LogP contribution in [-0.4, -0.2) is 153 Å². The fraction of sp³-hybridized carbons (Fsp3) is 0.677. The molecule has 1 saturated carbocycles. The molecule has 0 aromatic heterocycles. The van der Waals surface area contributed by atoms with Crippen LogP contribution in [0.1, 0.15) is 132 Å². The summed E-state index contributed by atoms with van der Waals surface area (Å²) < 4.78 is 48.2. The van der Waals surface area contributed by atoms with E-state index in [2.05, 4.69) is 0 Å². The first-order valence-electron chi connectivity index (χ1n) is 29.0. The van der Waals surface area contributed by atoms with E-state index in [0.717, 1.165) is 11.0 Å². The molecule has 5 aliphatic rings. The molecule has 3 saturated heterocycles. The highest BCUT2D eigenvalue weighted by Crippen LogP contribution is 2.39. The van der Waals surface area contributed by atoms with Gasteiger partial charge in [0.05, 0.1) is 18.3 Å². The molecule has 6 rings (SSSR count). The van der Waals surface area contributed by atoms with E-state index in [0.29, 0.717) is 69.8 Å². The Labute approximate surface area is 474 Å². The summed E-state index contributed by atoms with van der Waals surface area (Å²) >= 11 is 0. The SMILES string of the molecule is COC1CC2CCC(C)C(O)(O2)C(=O)C(=O)N2CCCCC2C(=O)OC(C(C)CC2CCC(OC(=O)C3(C)COB(c4ccccc4)OC3)C(OC)C2)CC(=O)C(C)/C=C(\C)C(O)C(OC)C(=O)C(C)CC(C)/C=C/C=CC=C1C. The Morgan fingerprint density at radius 1 is 0.838 bits per heavy atom. The van der Waals surface area contributed by atoms with Gasteiger partial charge in [-0.25, -0.2) is 4.79 Å². The van der Waals surface area contributed by atoms with Gasteiger partial charge in [0.1, 0.15) is 41.7 Å². The lowest BCUT2D eigenvalue weighted by atomic mass is 9.75. The number of hydrogen-bond donors (Lipinski definition) is 2. The second kappa shape index (κ2) is 29.5. The molecular weight excluding hydrogens is 1030 g/mol. The summed E-state index contributed by atoms with van der Waals surface area (Å²) in [6, 6.07) is 8.32. The number of aliphatic hydroxyl groups is 2. The largest absolute Gasteiger partial charge is 0.493 e. The molecule has 0 spiro atoms. The summed E-state index contributed by atoms with van der Waals surface area (Å²) in [6.45, 7) is 14.7. The molecule has 2 bridgehead atoms. The number of esters is 2. The molecule has 15 unspecified atom stereocenters. The number of hydrogen-bond acceptors (Lipinski definition) is 16. The predicted molar refractivity (Wildman–Crippen MR) is 301 cm³/mol. The zero-order valence-electron chi connectivity index (χ0n) is 49.2. The molecule has 442 valence electrons. The maximum absolute atomic E-state index is 14.7. The molecule has 1 aromatic carbocycles. The summed E-state index contributed by atoms with van der Waals surface area (Å²) in [7, 11) is 3.93. The highest BCUT2D eigenvalue weighted by molar-refractivity contribution is 6.61. The molecule has 0 radical (unpaired) electrons. The molecule has 4 aliphatic heterocycles. The Balaban J connectivity index is 1.23. The third-order valence-corrected chi connectivity index (χ3v) is 17.4. The predicted octanol–water partition coefficient (Wildman–Crippen LogP) is 7.18. The minimum atomic E-state index is -2.46. The Bertz CT molecular complexity index is 2400. The van der Waals surface area contributed by atoms with E-state index < -0.39 is 114 Å². The Morgan fingerprint density at radius 3 is 2.23 bits per heavy atom. The van der Waals surface area contributed by atoms with Gasteiger partial charge in [0, 0.05) is 71.7 Å². The van der Waals surface area contributed by atoms with Crippen molar-refractivity contribution in [3.05, 3.63) is 77.9 Å². The van der Waals surface area contributed by atoms with E-state index >= 15 is 0 Å². The normalized spacial score (nSPS) is 35.7. The summed E-state index contributed by atoms with van der Waals surface area (Å²) in [5.74, 6) is -8.89. The summed E-state index contributed by atoms with van der Waals surface area (Å²) in [4.78, 5) is 86.7. The van der Waals surface area contributed by atoms with Crippen molar-refractivity contribution in [2.24, 2.45) is 40.9 Å². The van der Waals surface area contributed by atoms with E-state index in [9.17, 15) is 39.0 Å². The van der Waals surface area contributed by atoms with E-state index in [4.69, 9.17) is 37.7 Å². The first kappa shape index (κ1) is 64.5. The van der Waals surface area contributed by atoms with Crippen molar-refractivity contribution in [1.29, 1.82) is 0 Å². The highest BCUT2D eigenvalue weighted by Gasteiger charge is 2.53. The number of carbonyl (C=O) groups is 6. The third-order valence-electron chi connectivity index (χ3n) is 17.4. The van der Waals surface area contributed by atoms with Crippen LogP contribution in [0.25, 0.3) is 0 Å². The van der Waals surface area contributed by atoms with Crippen LogP contribution in [0.4, 0.5) is 0 Å². The lowest BCUT2D eigenvalue weighted by Gasteiger charge is -2.42. The van der Waals surface area contributed by atoms with E-state index in [1.165, 1.54) is 12.0 Å². The highest BCUT2D eigenvalue weighted by atomic mass is 16.6. The average molecular weight is 1120 g/mol. The summed E-state index contributed by atoms with van der Waals surface area (Å²) in [5.41, 5.74) is 1.05. The van der Waals surface area contributed by atoms with E-state index in [-0.39, 0.29) is 56.0 Å². The quantitative estimate of drug-likeness (QED) is 0.108. The van der Waals surface area contributed by atoms with Crippen molar-refractivity contribution in [1.82, 2.24) is 4.90 Å². The van der Waals surface area contributed by atoms with Crippen molar-refractivity contribution < 1.29 is 76.7 Å². The van der Waals surface area contributed by atoms with Crippen molar-refractivity contribution in [3.8, 4) is 0 Å². The molecule has 15 atom stereocenters. The van der Waals surface area contributed by atoms with Gasteiger partial charge in [-0.05, 0) is 119 Å². The smallest absolute Gasteiger partial charge is 0.460 e. The second-order valence-electron chi connectivity index (χ2n) is 23.9. The van der Waals surface area contributed by atoms with E-state index in [1.807, 2.05) is 88.4 Å². The number of ether oxygens (including phenoxy) is 6. The zero-order valence-corrected chi connectivity index (χ0v) is 49.2. The van der Waals surface area contributed by atoms with Crippen LogP contribution in [-0.2, 0) is 66.5 Å². The van der Waals surface area contributed by atoms with Crippen LogP contribution in [0.5, 0.6) is 0 Å². The monoisotopic (exact) mass is 1120 g/mol. The summed E-state index contributed by atoms with van der Waals surface area (Å²) in [6.07, 6.45) is 10.4. The van der Waals surface area contributed by atoms with Crippen molar-refractivity contribution in [2.75, 3.05) is 41.1 Å². The van der Waals surface area contributed by atoms with Gasteiger partial charge in [-0.1, -0.05) is 101 Å². The second-order valence-corrected chi connectivity index (χ2v) is 23.9. The first-order chi connectivity index (χ1) is 38.0. The van der Waals surface area contributed by atoms with Crippen molar-refractivity contribution in [2.45, 2.75) is 187 Å². The molecule has 17 nitrogen and oxygen atoms in total. The van der Waals surface area contributed by atoms with Gasteiger partial charge in [0.2, 0.25) is 5.79 Å². The van der Waals surface area contributed by atoms with Crippen LogP contribution >= 0.6 is 0 Å². The average Bonchev–Trinajstić information content (AvgIpc) is 3.57. The number of fused-ring (bicyclic) bond motifs is 3. The molecule has 1 aliphatic carbocycles. The standard InChI is InChI=1S/C62H90BNO16/c1-38-20-14-12-15-21-39(2)51(73-9)34-47-27-25-44(7)62(72,80-47)57(68)58(69)64-29-19-18-24-48(64)59(70)78-52(35-49(65)40(3)31-43(6)55(67)56(75-11)54(66)42(5)30-38)41(4)32-45-26-28-50(53(33-45)74-10)79-60(71)61(8)36-76-63(77-37-61)46-22-16-13-17-23-46/h12-17,20-23,31,38,40-42,44-45,47-48,50-53,55-56,67,72H,18-19,24-30,32-37H2,1-11H3/b15-12?,20-14+,39-21?,43-31+. The maximum Gasteiger partial charge on any atom is 0.493 e. The number of benzene rings is 1. The Morgan fingerprint density at radius 2 is 1.55 bits per heavy atom. The fourth-order valence-electron chi connectivity index (χ4n) is 12.0. The Kier molecular flexibility index (Phi) is 23.8. The van der Waals surface area contributed by atoms with Gasteiger partial charge in [-0.3, -0.25) is 24.0 Å². The van der Waals surface area contributed by atoms with Crippen LogP contribution in [0.2, 0.25) is 0 Å². The number of amides is 1. The first-order valence-corrected chi connectivity index (χ1v) is 29.0. The number of rotatable bonds is 9. The number of Topliss-reactive ketones (excluding diaryl/α,β-unsaturated/α-hetero) is 3. The molecular formula is C62H90BNO16. The number of piperidine rings is 1. The molecule has 80 heavy (non-hydrogen) atoms. The molecule has 1 amide bonds. The number of nitrogens with zero attached hydrogens (tertiary/aromatic N) is 1. The Hall–Kier alpha value is -4.66. The fourth-order valence-corrected chi connectivity index (χ4v) is 12.0. The lowest BCUT2D eigenvalue weighted by molar-refractivity contribution is -0.265. The van der Waals surface area contributed by atoms with Gasteiger partial charge in [0.25, 0.3) is 11.7 Å². The number of aliphatic hydroxyl groups excluding tert-OH is 1. The topological polar surface area (TPSA) is 220 Å². The van der Waals surface area contributed by atoms with E-state index in [1.54, 1.807) is 48.0 Å². The van der Waals surface area contributed by atoms with Crippen LogP contribution in [0.3, 0.4) is 0 Å². The van der Waals surface area contributed by atoms with Gasteiger partial charge in [-0.15, -0.1) is 0 Å². The lowest BCUT2D eigenvalue weighted by Crippen LogP contribution is -2.61. The van der Waals surface area contributed by atoms with Crippen molar-refractivity contribution in [3.63, 3.8) is 0 Å². The summed E-state index contributed by atoms with van der Waals surface area (Å²) in [5, 5.41) is 23.7. The molecule has 2 N–H and O–H groups in total. The van der Waals surface area contributed by atoms with Gasteiger partial charge < -0.3 is 52.8 Å². The van der Waals surface area contributed by atoms with Gasteiger partial charge >= 0.3 is 19.1 Å². The number of ketones is 3. The van der Waals surface area contributed by atoms with Crippen LogP contribution in [0.15, 0.2) is 77.9 Å². The molecule has 4 heterocycles. The minimum absolute atomic E-state index is 0.000113. The number of methoxy groups -OCH3 is 3.